The maximum atomic E-state index is 10.7. The summed E-state index contributed by atoms with van der Waals surface area (Å²) in [6, 6.07) is 3.88. The zero-order chi connectivity index (χ0) is 15.5. The van der Waals surface area contributed by atoms with E-state index in [0.717, 1.165) is 43.2 Å². The van der Waals surface area contributed by atoms with Gasteiger partial charge in [0.15, 0.2) is 0 Å². The second-order valence-corrected chi connectivity index (χ2v) is 7.01. The molecule has 1 aliphatic rings. The monoisotopic (exact) mass is 339 g/mol. The Labute approximate surface area is 138 Å². The van der Waals surface area contributed by atoms with Gasteiger partial charge >= 0.3 is 5.97 Å². The van der Waals surface area contributed by atoms with Gasteiger partial charge in [0, 0.05) is 30.1 Å². The third kappa shape index (κ3) is 3.69. The van der Waals surface area contributed by atoms with E-state index in [4.69, 9.17) is 16.7 Å². The van der Waals surface area contributed by atoms with Crippen LogP contribution in [0.25, 0.3) is 0 Å². The van der Waals surface area contributed by atoms with Gasteiger partial charge in [-0.1, -0.05) is 11.6 Å². The molecule has 118 valence electrons. The van der Waals surface area contributed by atoms with E-state index in [-0.39, 0.29) is 6.54 Å². The van der Waals surface area contributed by atoms with E-state index in [1.807, 2.05) is 17.5 Å². The molecule has 2 aromatic heterocycles. The van der Waals surface area contributed by atoms with Crippen LogP contribution in [0.5, 0.6) is 0 Å². The van der Waals surface area contributed by atoms with Crippen molar-refractivity contribution in [1.82, 2.24) is 14.7 Å². The standard InChI is InChI=1S/C15H18ClN3O2S/c16-12-4-7-22-14(12)9-18-5-1-2-11(8-18)13-3-6-19(17-13)10-15(20)21/h3-4,6-7,11H,1-2,5,8-10H2,(H,20,21)/t11-/m1/s1. The third-order valence-electron chi connectivity index (χ3n) is 3.94. The van der Waals surface area contributed by atoms with E-state index in [0.29, 0.717) is 5.92 Å². The summed E-state index contributed by atoms with van der Waals surface area (Å²) in [5.74, 6) is -0.505. The van der Waals surface area contributed by atoms with E-state index in [1.165, 1.54) is 9.56 Å². The normalized spacial score (nSPS) is 19.4. The number of hydrogen-bond acceptors (Lipinski definition) is 4. The van der Waals surface area contributed by atoms with Crippen LogP contribution in [0.2, 0.25) is 5.02 Å². The summed E-state index contributed by atoms with van der Waals surface area (Å²) in [5, 5.41) is 16.1. The minimum absolute atomic E-state index is 0.0821. The second kappa shape index (κ2) is 6.81. The number of piperidine rings is 1. The molecular weight excluding hydrogens is 322 g/mol. The summed E-state index contributed by atoms with van der Waals surface area (Å²) in [6.45, 7) is 2.81. The zero-order valence-corrected chi connectivity index (χ0v) is 13.7. The lowest BCUT2D eigenvalue weighted by Crippen LogP contribution is -2.34. The number of carboxylic acids is 1. The highest BCUT2D eigenvalue weighted by atomic mass is 35.5. The fourth-order valence-corrected chi connectivity index (χ4v) is 4.04. The van der Waals surface area contributed by atoms with Gasteiger partial charge in [0.1, 0.15) is 6.54 Å². The number of carbonyl (C=O) groups is 1. The Morgan fingerprint density at radius 3 is 3.09 bits per heavy atom. The van der Waals surface area contributed by atoms with E-state index < -0.39 is 5.97 Å². The van der Waals surface area contributed by atoms with Crippen LogP contribution in [-0.2, 0) is 17.9 Å². The zero-order valence-electron chi connectivity index (χ0n) is 12.1. The van der Waals surface area contributed by atoms with Crippen LogP contribution in [0.1, 0.15) is 29.3 Å². The molecule has 0 amide bonds. The number of carboxylic acid groups (broad SMARTS) is 1. The number of hydrogen-bond donors (Lipinski definition) is 1. The van der Waals surface area contributed by atoms with Crippen molar-refractivity contribution >= 4 is 28.9 Å². The molecule has 0 bridgehead atoms. The van der Waals surface area contributed by atoms with Gasteiger partial charge in [-0.2, -0.15) is 5.10 Å². The minimum atomic E-state index is -0.868. The van der Waals surface area contributed by atoms with Crippen LogP contribution in [0.15, 0.2) is 23.7 Å². The quantitative estimate of drug-likeness (QED) is 0.909. The molecule has 0 unspecified atom stereocenters. The molecule has 0 saturated carbocycles. The Hall–Kier alpha value is -1.37. The molecule has 1 fully saturated rings. The first-order valence-electron chi connectivity index (χ1n) is 7.31. The van der Waals surface area contributed by atoms with E-state index >= 15 is 0 Å². The third-order valence-corrected chi connectivity index (χ3v) is 5.31. The Morgan fingerprint density at radius 2 is 2.36 bits per heavy atom. The predicted molar refractivity (Wildman–Crippen MR) is 86.4 cm³/mol. The molecule has 3 heterocycles. The highest BCUT2D eigenvalue weighted by molar-refractivity contribution is 7.10. The number of aliphatic carboxylic acids is 1. The summed E-state index contributed by atoms with van der Waals surface area (Å²) < 4.78 is 1.49. The lowest BCUT2D eigenvalue weighted by Gasteiger charge is -2.31. The minimum Gasteiger partial charge on any atom is -0.480 e. The lowest BCUT2D eigenvalue weighted by molar-refractivity contribution is -0.137. The van der Waals surface area contributed by atoms with Crippen LogP contribution in [0.3, 0.4) is 0 Å². The molecule has 1 atom stereocenters. The predicted octanol–water partition coefficient (Wildman–Crippen LogP) is 3.06. The van der Waals surface area contributed by atoms with Gasteiger partial charge < -0.3 is 5.11 Å². The fourth-order valence-electron chi connectivity index (χ4n) is 2.90. The summed E-state index contributed by atoms with van der Waals surface area (Å²) in [7, 11) is 0. The highest BCUT2D eigenvalue weighted by Gasteiger charge is 2.24. The number of likely N-dealkylation sites (tertiary alicyclic amines) is 1. The molecule has 22 heavy (non-hydrogen) atoms. The molecule has 0 spiro atoms. The average Bonchev–Trinajstić information content (AvgIpc) is 3.09. The Bertz CT molecular complexity index is 655. The molecule has 1 aliphatic heterocycles. The van der Waals surface area contributed by atoms with Crippen molar-refractivity contribution in [2.45, 2.75) is 31.8 Å². The number of halogens is 1. The lowest BCUT2D eigenvalue weighted by atomic mass is 9.95. The maximum Gasteiger partial charge on any atom is 0.325 e. The smallest absolute Gasteiger partial charge is 0.325 e. The van der Waals surface area contributed by atoms with Gasteiger partial charge in [-0.15, -0.1) is 11.3 Å². The summed E-state index contributed by atoms with van der Waals surface area (Å²) >= 11 is 7.87. The van der Waals surface area contributed by atoms with Gasteiger partial charge in [-0.25, -0.2) is 0 Å². The second-order valence-electron chi connectivity index (χ2n) is 5.60. The van der Waals surface area contributed by atoms with Crippen LogP contribution in [0, 0.1) is 0 Å². The summed E-state index contributed by atoms with van der Waals surface area (Å²) in [6.07, 6.45) is 3.97. The molecule has 1 N–H and O–H groups in total. The van der Waals surface area contributed by atoms with Crippen LogP contribution in [-0.4, -0.2) is 38.8 Å². The Morgan fingerprint density at radius 1 is 1.50 bits per heavy atom. The summed E-state index contributed by atoms with van der Waals surface area (Å²) in [5.41, 5.74) is 0.989. The highest BCUT2D eigenvalue weighted by Crippen LogP contribution is 2.29. The Kier molecular flexibility index (Phi) is 4.81. The first-order chi connectivity index (χ1) is 10.6. The number of aromatic nitrogens is 2. The van der Waals surface area contributed by atoms with Crippen molar-refractivity contribution in [3.05, 3.63) is 39.3 Å². The average molecular weight is 340 g/mol. The molecule has 0 radical (unpaired) electrons. The molecule has 7 heteroatoms. The molecule has 3 rings (SSSR count). The Balaban J connectivity index is 1.64. The first kappa shape index (κ1) is 15.5. The topological polar surface area (TPSA) is 58.4 Å². The van der Waals surface area contributed by atoms with Crippen molar-refractivity contribution < 1.29 is 9.90 Å². The van der Waals surface area contributed by atoms with Crippen LogP contribution < -0.4 is 0 Å². The van der Waals surface area contributed by atoms with Gasteiger partial charge in [0.2, 0.25) is 0 Å². The molecule has 1 saturated heterocycles. The van der Waals surface area contributed by atoms with Crippen LogP contribution >= 0.6 is 22.9 Å². The van der Waals surface area contributed by atoms with E-state index in [1.54, 1.807) is 17.5 Å². The van der Waals surface area contributed by atoms with Gasteiger partial charge in [-0.05, 0) is 36.9 Å². The van der Waals surface area contributed by atoms with Crippen molar-refractivity contribution in [2.75, 3.05) is 13.1 Å². The number of nitrogens with zero attached hydrogens (tertiary/aromatic N) is 3. The summed E-state index contributed by atoms with van der Waals surface area (Å²) in [4.78, 5) is 14.3. The fraction of sp³-hybridized carbons (Fsp3) is 0.467. The SMILES string of the molecule is O=C(O)Cn1ccc([C@@H]2CCCN(Cc3sccc3Cl)C2)n1. The number of rotatable bonds is 5. The van der Waals surface area contributed by atoms with E-state index in [9.17, 15) is 4.79 Å². The molecule has 0 aliphatic carbocycles. The van der Waals surface area contributed by atoms with Gasteiger partial charge in [0.05, 0.1) is 10.7 Å². The van der Waals surface area contributed by atoms with E-state index in [2.05, 4.69) is 10.00 Å². The molecule has 0 aromatic carbocycles. The van der Waals surface area contributed by atoms with Crippen LogP contribution in [0.4, 0.5) is 0 Å². The molecule has 2 aromatic rings. The van der Waals surface area contributed by atoms with Gasteiger partial charge in [-0.3, -0.25) is 14.4 Å². The van der Waals surface area contributed by atoms with Crippen molar-refractivity contribution in [3.8, 4) is 0 Å². The first-order valence-corrected chi connectivity index (χ1v) is 8.57. The van der Waals surface area contributed by atoms with Gasteiger partial charge in [0.25, 0.3) is 0 Å². The number of thiophene rings is 1. The maximum absolute atomic E-state index is 10.7. The molecule has 5 nitrogen and oxygen atoms in total. The van der Waals surface area contributed by atoms with Crippen molar-refractivity contribution in [2.24, 2.45) is 0 Å². The molecular formula is C15H18ClN3O2S. The van der Waals surface area contributed by atoms with Crippen molar-refractivity contribution in [3.63, 3.8) is 0 Å². The largest absolute Gasteiger partial charge is 0.480 e. The van der Waals surface area contributed by atoms with Crippen molar-refractivity contribution in [1.29, 1.82) is 0 Å².